The molecule has 27 heavy (non-hydrogen) atoms. The second kappa shape index (κ2) is 6.90. The molecular weight excluding hydrogens is 388 g/mol. The average Bonchev–Trinajstić information content (AvgIpc) is 3.29. The highest BCUT2D eigenvalue weighted by Crippen LogP contribution is 2.37. The molecule has 0 atom stereocenters. The molecule has 0 saturated carbocycles. The third-order valence-corrected chi connectivity index (χ3v) is 7.09. The zero-order valence-electron chi connectivity index (χ0n) is 14.8. The minimum atomic E-state index is -3.89. The number of aromatic nitrogens is 1. The zero-order chi connectivity index (χ0) is 19.0. The van der Waals surface area contributed by atoms with Crippen molar-refractivity contribution in [1.29, 1.82) is 0 Å². The predicted octanol–water partition coefficient (Wildman–Crippen LogP) is 3.52. The minimum Gasteiger partial charge on any atom is -0.486 e. The van der Waals surface area contributed by atoms with Crippen molar-refractivity contribution in [2.45, 2.75) is 25.3 Å². The van der Waals surface area contributed by atoms with Crippen LogP contribution in [-0.4, -0.2) is 26.8 Å². The smallest absolute Gasteiger partial charge is 0.270 e. The molecule has 1 aliphatic rings. The molecule has 0 amide bonds. The van der Waals surface area contributed by atoms with E-state index in [9.17, 15) is 8.42 Å². The molecule has 3 aromatic rings. The first-order valence-electron chi connectivity index (χ1n) is 8.34. The quantitative estimate of drug-likeness (QED) is 0.645. The van der Waals surface area contributed by atoms with Crippen molar-refractivity contribution < 1.29 is 22.4 Å². The summed E-state index contributed by atoms with van der Waals surface area (Å²) >= 11 is 1.50. The number of benzene rings is 1. The number of thiophene rings is 1. The van der Waals surface area contributed by atoms with Crippen molar-refractivity contribution in [2.24, 2.45) is 0 Å². The maximum absolute atomic E-state index is 13.5. The topological polar surface area (TPSA) is 81.9 Å². The molecule has 0 fully saturated rings. The van der Waals surface area contributed by atoms with Crippen LogP contribution in [0.4, 0.5) is 5.69 Å². The highest BCUT2D eigenvalue weighted by Gasteiger charge is 2.32. The van der Waals surface area contributed by atoms with E-state index in [-0.39, 0.29) is 17.2 Å². The van der Waals surface area contributed by atoms with Gasteiger partial charge in [0.1, 0.15) is 18.9 Å². The molecule has 0 aliphatic carbocycles. The van der Waals surface area contributed by atoms with Gasteiger partial charge < -0.3 is 14.0 Å². The van der Waals surface area contributed by atoms with Gasteiger partial charge in [-0.05, 0) is 37.4 Å². The lowest BCUT2D eigenvalue weighted by atomic mass is 10.2. The van der Waals surface area contributed by atoms with Gasteiger partial charge in [-0.25, -0.2) is 8.42 Å². The fourth-order valence-corrected chi connectivity index (χ4v) is 5.51. The Morgan fingerprint density at radius 3 is 2.59 bits per heavy atom. The summed E-state index contributed by atoms with van der Waals surface area (Å²) in [5.41, 5.74) is 0.828. The van der Waals surface area contributed by atoms with Crippen LogP contribution in [0.3, 0.4) is 0 Å². The van der Waals surface area contributed by atoms with Gasteiger partial charge in [0.25, 0.3) is 10.0 Å². The molecule has 0 N–H and O–H groups in total. The van der Waals surface area contributed by atoms with Crippen molar-refractivity contribution in [3.05, 3.63) is 52.0 Å². The summed E-state index contributed by atoms with van der Waals surface area (Å²) in [4.78, 5) is 1.01. The largest absolute Gasteiger partial charge is 0.486 e. The van der Waals surface area contributed by atoms with Crippen LogP contribution in [0.15, 0.2) is 45.1 Å². The van der Waals surface area contributed by atoms with Crippen LogP contribution in [0.5, 0.6) is 11.5 Å². The Morgan fingerprint density at radius 1 is 1.15 bits per heavy atom. The minimum absolute atomic E-state index is 0.0916. The molecule has 1 aromatic carbocycles. The lowest BCUT2D eigenvalue weighted by Gasteiger charge is -2.26. The number of anilines is 1. The van der Waals surface area contributed by atoms with Crippen molar-refractivity contribution in [2.75, 3.05) is 17.5 Å². The van der Waals surface area contributed by atoms with E-state index >= 15 is 0 Å². The van der Waals surface area contributed by atoms with Crippen LogP contribution < -0.4 is 13.8 Å². The van der Waals surface area contributed by atoms with E-state index in [1.54, 1.807) is 32.0 Å². The van der Waals surface area contributed by atoms with E-state index in [1.807, 2.05) is 17.5 Å². The second-order valence-electron chi connectivity index (χ2n) is 6.07. The number of rotatable bonds is 5. The second-order valence-corrected chi connectivity index (χ2v) is 8.90. The molecule has 0 radical (unpaired) electrons. The summed E-state index contributed by atoms with van der Waals surface area (Å²) in [5.74, 6) is 1.40. The van der Waals surface area contributed by atoms with Gasteiger partial charge in [0, 0.05) is 10.9 Å². The normalized spacial score (nSPS) is 13.6. The lowest BCUT2D eigenvalue weighted by molar-refractivity contribution is 0.171. The summed E-state index contributed by atoms with van der Waals surface area (Å²) in [6.07, 6.45) is 0. The molecule has 2 aromatic heterocycles. The first-order valence-corrected chi connectivity index (χ1v) is 10.7. The van der Waals surface area contributed by atoms with Crippen LogP contribution >= 0.6 is 11.3 Å². The maximum Gasteiger partial charge on any atom is 0.270 e. The molecule has 0 unspecified atom stereocenters. The number of hydrogen-bond donors (Lipinski definition) is 0. The third kappa shape index (κ3) is 3.28. The Bertz CT molecular complexity index is 1040. The Morgan fingerprint density at radius 2 is 1.93 bits per heavy atom. The molecule has 4 rings (SSSR count). The average molecular weight is 406 g/mol. The van der Waals surface area contributed by atoms with Crippen molar-refractivity contribution in [3.63, 3.8) is 0 Å². The SMILES string of the molecule is Cc1noc(C)c1S(=O)(=O)N(Cc1cccs1)c1ccc2c(c1)OCCO2. The monoisotopic (exact) mass is 406 g/mol. The molecule has 0 saturated heterocycles. The summed E-state index contributed by atoms with van der Waals surface area (Å²) in [6.45, 7) is 4.32. The highest BCUT2D eigenvalue weighted by molar-refractivity contribution is 7.92. The van der Waals surface area contributed by atoms with Crippen LogP contribution in [-0.2, 0) is 16.6 Å². The maximum atomic E-state index is 13.5. The number of ether oxygens (including phenoxy) is 2. The molecule has 142 valence electrons. The molecule has 9 heteroatoms. The van der Waals surface area contributed by atoms with Crippen LogP contribution in [0, 0.1) is 13.8 Å². The first kappa shape index (κ1) is 17.9. The highest BCUT2D eigenvalue weighted by atomic mass is 32.2. The van der Waals surface area contributed by atoms with E-state index in [0.29, 0.717) is 36.1 Å². The molecule has 3 heterocycles. The Hall–Kier alpha value is -2.52. The van der Waals surface area contributed by atoms with Gasteiger partial charge in [-0.3, -0.25) is 4.31 Å². The summed E-state index contributed by atoms with van der Waals surface area (Å²) in [6, 6.07) is 8.94. The molecule has 7 nitrogen and oxygen atoms in total. The van der Waals surface area contributed by atoms with E-state index < -0.39 is 10.0 Å². The number of nitrogens with zero attached hydrogens (tertiary/aromatic N) is 2. The van der Waals surface area contributed by atoms with Crippen molar-refractivity contribution in [1.82, 2.24) is 5.16 Å². The molecule has 0 bridgehead atoms. The standard InChI is InChI=1S/C18H18N2O5S2/c1-12-18(13(2)25-19-12)27(21,22)20(11-15-4-3-9-26-15)14-5-6-16-17(10-14)24-8-7-23-16/h3-6,9-10H,7-8,11H2,1-2H3. The Balaban J connectivity index is 1.82. The number of fused-ring (bicyclic) bond motifs is 1. The van der Waals surface area contributed by atoms with E-state index in [4.69, 9.17) is 14.0 Å². The Labute approximate surface area is 161 Å². The number of sulfonamides is 1. The molecular formula is C18H18N2O5S2. The lowest BCUT2D eigenvalue weighted by Crippen LogP contribution is -2.31. The van der Waals surface area contributed by atoms with Crippen molar-refractivity contribution >= 4 is 27.0 Å². The summed E-state index contributed by atoms with van der Waals surface area (Å²) in [7, 11) is -3.89. The third-order valence-electron chi connectivity index (χ3n) is 4.21. The van der Waals surface area contributed by atoms with E-state index in [2.05, 4.69) is 5.16 Å². The van der Waals surface area contributed by atoms with Crippen LogP contribution in [0.2, 0.25) is 0 Å². The van der Waals surface area contributed by atoms with Gasteiger partial charge in [0.15, 0.2) is 22.2 Å². The fraction of sp³-hybridized carbons (Fsp3) is 0.278. The van der Waals surface area contributed by atoms with Crippen molar-refractivity contribution in [3.8, 4) is 11.5 Å². The molecule has 1 aliphatic heterocycles. The fourth-order valence-electron chi connectivity index (χ4n) is 3.00. The van der Waals surface area contributed by atoms with Gasteiger partial charge in [-0.1, -0.05) is 11.2 Å². The van der Waals surface area contributed by atoms with Gasteiger partial charge in [0.05, 0.1) is 12.2 Å². The Kier molecular flexibility index (Phi) is 4.56. The van der Waals surface area contributed by atoms with E-state index in [0.717, 1.165) is 4.88 Å². The molecule has 0 spiro atoms. The van der Waals surface area contributed by atoms with Gasteiger partial charge in [-0.2, -0.15) is 0 Å². The van der Waals surface area contributed by atoms with Gasteiger partial charge in [-0.15, -0.1) is 11.3 Å². The number of aryl methyl sites for hydroxylation is 2. The number of hydrogen-bond acceptors (Lipinski definition) is 7. The zero-order valence-corrected chi connectivity index (χ0v) is 16.5. The predicted molar refractivity (Wildman–Crippen MR) is 101 cm³/mol. The van der Waals surface area contributed by atoms with E-state index in [1.165, 1.54) is 15.6 Å². The van der Waals surface area contributed by atoms with Gasteiger partial charge >= 0.3 is 0 Å². The first-order chi connectivity index (χ1) is 13.0. The summed E-state index contributed by atoms with van der Waals surface area (Å²) < 4.78 is 44.6. The van der Waals surface area contributed by atoms with Crippen LogP contribution in [0.25, 0.3) is 0 Å². The summed E-state index contributed by atoms with van der Waals surface area (Å²) in [5, 5.41) is 5.72. The van der Waals surface area contributed by atoms with Gasteiger partial charge in [0.2, 0.25) is 0 Å². The van der Waals surface area contributed by atoms with Crippen LogP contribution in [0.1, 0.15) is 16.3 Å².